The minimum atomic E-state index is -3.99. The molecule has 9 heteroatoms. The van der Waals surface area contributed by atoms with Crippen LogP contribution in [0, 0.1) is 11.3 Å². The van der Waals surface area contributed by atoms with E-state index in [-0.39, 0.29) is 30.1 Å². The van der Waals surface area contributed by atoms with Crippen LogP contribution < -0.4 is 5.32 Å². The highest BCUT2D eigenvalue weighted by molar-refractivity contribution is 7.89. The highest BCUT2D eigenvalue weighted by Gasteiger charge is 2.40. The van der Waals surface area contributed by atoms with Crippen LogP contribution in [-0.2, 0) is 27.9 Å². The molecule has 0 saturated carbocycles. The van der Waals surface area contributed by atoms with Gasteiger partial charge in [-0.25, -0.2) is 8.42 Å². The first kappa shape index (κ1) is 22.7. The molecule has 2 aromatic carbocycles. The number of nitriles is 1. The zero-order valence-corrected chi connectivity index (χ0v) is 18.7. The molecule has 1 aliphatic heterocycles. The average Bonchev–Trinajstić information content (AvgIpc) is 3.37. The minimum absolute atomic E-state index is 0.00175. The van der Waals surface area contributed by atoms with E-state index < -0.39 is 22.0 Å². The van der Waals surface area contributed by atoms with Crippen LogP contribution in [0.25, 0.3) is 0 Å². The second-order valence-electron chi connectivity index (χ2n) is 7.79. The first-order chi connectivity index (χ1) is 16.0. The van der Waals surface area contributed by atoms with Gasteiger partial charge in [-0.3, -0.25) is 9.69 Å². The number of nitrogens with one attached hydrogen (secondary N) is 1. The number of rotatable bonds is 7. The van der Waals surface area contributed by atoms with Crippen LogP contribution in [0.4, 0.5) is 0 Å². The number of amides is 1. The van der Waals surface area contributed by atoms with Crippen molar-refractivity contribution < 1.29 is 17.6 Å². The lowest BCUT2D eigenvalue weighted by molar-refractivity contribution is -0.127. The van der Waals surface area contributed by atoms with E-state index in [4.69, 9.17) is 4.42 Å². The molecular formula is C24H24N4O4S. The summed E-state index contributed by atoms with van der Waals surface area (Å²) in [5, 5.41) is 12.0. The Morgan fingerprint density at radius 3 is 2.64 bits per heavy atom. The van der Waals surface area contributed by atoms with Crippen LogP contribution in [-0.4, -0.2) is 49.2 Å². The van der Waals surface area contributed by atoms with Crippen molar-refractivity contribution in [3.05, 3.63) is 89.9 Å². The molecule has 0 bridgehead atoms. The van der Waals surface area contributed by atoms with Crippen LogP contribution in [0.3, 0.4) is 0 Å². The molecule has 1 N–H and O–H groups in total. The third kappa shape index (κ3) is 5.31. The Bertz CT molecular complexity index is 1240. The summed E-state index contributed by atoms with van der Waals surface area (Å²) in [5.41, 5.74) is 1.34. The standard InChI is InChI=1S/C24H24N4O4S/c25-15-20-8-4-10-22(14-20)33(30,31)28-12-11-27(17-19-6-2-1-3-7-19)18-23(28)24(29)26-16-21-9-5-13-32-21/h1-10,13-14,23H,11-12,16-18H2,(H,26,29). The first-order valence-corrected chi connectivity index (χ1v) is 12.0. The smallest absolute Gasteiger partial charge is 0.243 e. The van der Waals surface area contributed by atoms with Gasteiger partial charge in [0.1, 0.15) is 11.8 Å². The first-order valence-electron chi connectivity index (χ1n) is 10.6. The number of hydrogen-bond acceptors (Lipinski definition) is 6. The molecule has 0 spiro atoms. The van der Waals surface area contributed by atoms with Crippen molar-refractivity contribution in [2.45, 2.75) is 24.0 Å². The maximum atomic E-state index is 13.5. The minimum Gasteiger partial charge on any atom is -0.467 e. The van der Waals surface area contributed by atoms with Crippen LogP contribution in [0.5, 0.6) is 0 Å². The number of carbonyl (C=O) groups is 1. The van der Waals surface area contributed by atoms with E-state index in [0.29, 0.717) is 18.8 Å². The molecule has 170 valence electrons. The van der Waals surface area contributed by atoms with E-state index in [1.54, 1.807) is 18.2 Å². The number of carbonyl (C=O) groups excluding carboxylic acids is 1. The molecule has 1 atom stereocenters. The van der Waals surface area contributed by atoms with Gasteiger partial charge in [-0.1, -0.05) is 36.4 Å². The van der Waals surface area contributed by atoms with E-state index in [1.165, 1.54) is 28.8 Å². The molecule has 0 radical (unpaired) electrons. The van der Waals surface area contributed by atoms with Crippen molar-refractivity contribution in [2.24, 2.45) is 0 Å². The van der Waals surface area contributed by atoms with Gasteiger partial charge >= 0.3 is 0 Å². The maximum Gasteiger partial charge on any atom is 0.243 e. The van der Waals surface area contributed by atoms with Gasteiger partial charge < -0.3 is 9.73 Å². The second-order valence-corrected chi connectivity index (χ2v) is 9.68. The summed E-state index contributed by atoms with van der Waals surface area (Å²) in [6.45, 7) is 1.66. The number of hydrogen-bond donors (Lipinski definition) is 1. The van der Waals surface area contributed by atoms with Crippen molar-refractivity contribution >= 4 is 15.9 Å². The van der Waals surface area contributed by atoms with Gasteiger partial charge in [-0.2, -0.15) is 9.57 Å². The quantitative estimate of drug-likeness (QED) is 0.575. The van der Waals surface area contributed by atoms with Gasteiger partial charge in [-0.05, 0) is 35.9 Å². The monoisotopic (exact) mass is 464 g/mol. The Kier molecular flexibility index (Phi) is 6.89. The molecule has 33 heavy (non-hydrogen) atoms. The van der Waals surface area contributed by atoms with Gasteiger partial charge in [0.25, 0.3) is 0 Å². The fourth-order valence-corrected chi connectivity index (χ4v) is 5.49. The van der Waals surface area contributed by atoms with Gasteiger partial charge in [0.2, 0.25) is 15.9 Å². The van der Waals surface area contributed by atoms with E-state index >= 15 is 0 Å². The highest BCUT2D eigenvalue weighted by atomic mass is 32.2. The second kappa shape index (κ2) is 10.0. The van der Waals surface area contributed by atoms with Gasteiger partial charge in [0, 0.05) is 26.2 Å². The Balaban J connectivity index is 1.58. The molecular weight excluding hydrogens is 440 g/mol. The number of nitrogens with zero attached hydrogens (tertiary/aromatic N) is 3. The lowest BCUT2D eigenvalue weighted by atomic mass is 10.1. The summed E-state index contributed by atoms with van der Waals surface area (Å²) < 4.78 is 33.4. The summed E-state index contributed by atoms with van der Waals surface area (Å²) in [6, 6.07) is 20.2. The van der Waals surface area contributed by atoms with Crippen molar-refractivity contribution in [2.75, 3.05) is 19.6 Å². The van der Waals surface area contributed by atoms with Gasteiger partial charge in [-0.15, -0.1) is 0 Å². The lowest BCUT2D eigenvalue weighted by Gasteiger charge is -2.39. The summed E-state index contributed by atoms with van der Waals surface area (Å²) in [4.78, 5) is 15.2. The molecule has 1 aliphatic rings. The Morgan fingerprint density at radius 2 is 1.91 bits per heavy atom. The summed E-state index contributed by atoms with van der Waals surface area (Å²) >= 11 is 0. The molecule has 1 aromatic heterocycles. The molecule has 3 aromatic rings. The predicted molar refractivity (Wildman–Crippen MR) is 121 cm³/mol. The molecule has 8 nitrogen and oxygen atoms in total. The summed E-state index contributed by atoms with van der Waals surface area (Å²) in [5.74, 6) is 0.181. The molecule has 1 saturated heterocycles. The number of sulfonamides is 1. The van der Waals surface area contributed by atoms with Crippen molar-refractivity contribution in [3.63, 3.8) is 0 Å². The number of furan rings is 1. The van der Waals surface area contributed by atoms with Crippen molar-refractivity contribution in [3.8, 4) is 6.07 Å². The number of piperazine rings is 1. The molecule has 1 amide bonds. The lowest BCUT2D eigenvalue weighted by Crippen LogP contribution is -2.60. The van der Waals surface area contributed by atoms with E-state index in [9.17, 15) is 18.5 Å². The molecule has 2 heterocycles. The maximum absolute atomic E-state index is 13.5. The Hall–Kier alpha value is -3.45. The molecule has 4 rings (SSSR count). The Labute approximate surface area is 193 Å². The van der Waals surface area contributed by atoms with E-state index in [1.807, 2.05) is 36.4 Å². The third-order valence-electron chi connectivity index (χ3n) is 5.55. The van der Waals surface area contributed by atoms with Gasteiger partial charge in [0.15, 0.2) is 0 Å². The topological polar surface area (TPSA) is 107 Å². The number of benzene rings is 2. The normalized spacial score (nSPS) is 17.4. The Morgan fingerprint density at radius 1 is 1.09 bits per heavy atom. The molecule has 0 aliphatic carbocycles. The summed E-state index contributed by atoms with van der Waals surface area (Å²) in [6.07, 6.45) is 1.52. The molecule has 1 fully saturated rings. The highest BCUT2D eigenvalue weighted by Crippen LogP contribution is 2.23. The fraction of sp³-hybridized carbons (Fsp3) is 0.250. The van der Waals surface area contributed by atoms with Crippen LogP contribution in [0.15, 0.2) is 82.3 Å². The zero-order chi connectivity index (χ0) is 23.3. The SMILES string of the molecule is N#Cc1cccc(S(=O)(=O)N2CCN(Cc3ccccc3)CC2C(=O)NCc2ccco2)c1. The van der Waals surface area contributed by atoms with E-state index in [0.717, 1.165) is 5.56 Å². The zero-order valence-electron chi connectivity index (χ0n) is 17.9. The largest absolute Gasteiger partial charge is 0.467 e. The predicted octanol–water partition coefficient (Wildman–Crippen LogP) is 2.34. The van der Waals surface area contributed by atoms with E-state index in [2.05, 4.69) is 10.2 Å². The average molecular weight is 465 g/mol. The summed E-state index contributed by atoms with van der Waals surface area (Å²) in [7, 11) is -3.99. The molecule has 1 unspecified atom stereocenters. The fourth-order valence-electron chi connectivity index (χ4n) is 3.88. The van der Waals surface area contributed by atoms with Gasteiger partial charge in [0.05, 0.1) is 29.3 Å². The van der Waals surface area contributed by atoms with Crippen molar-refractivity contribution in [1.82, 2.24) is 14.5 Å². The van der Waals surface area contributed by atoms with Crippen LogP contribution in [0.1, 0.15) is 16.9 Å². The van der Waals surface area contributed by atoms with Crippen molar-refractivity contribution in [1.29, 1.82) is 5.26 Å². The third-order valence-corrected chi connectivity index (χ3v) is 7.46. The van der Waals surface area contributed by atoms with Crippen LogP contribution >= 0.6 is 0 Å². The van der Waals surface area contributed by atoms with Crippen LogP contribution in [0.2, 0.25) is 0 Å².